The van der Waals surface area contributed by atoms with Crippen LogP contribution >= 0.6 is 0 Å². The molecular formula is C12H19N. The zero-order valence-electron chi connectivity index (χ0n) is 8.55. The van der Waals surface area contributed by atoms with Crippen LogP contribution in [0.15, 0.2) is 36.5 Å². The van der Waals surface area contributed by atoms with Crippen LogP contribution in [0.3, 0.4) is 0 Å². The van der Waals surface area contributed by atoms with Gasteiger partial charge in [-0.2, -0.15) is 0 Å². The van der Waals surface area contributed by atoms with Crippen LogP contribution in [-0.4, -0.2) is 24.5 Å². The number of hydrogen-bond donors (Lipinski definition) is 0. The van der Waals surface area contributed by atoms with Crippen molar-refractivity contribution >= 4 is 0 Å². The van der Waals surface area contributed by atoms with Gasteiger partial charge in [0, 0.05) is 13.1 Å². The van der Waals surface area contributed by atoms with Crippen molar-refractivity contribution in [2.75, 3.05) is 19.6 Å². The molecule has 0 aromatic carbocycles. The molecule has 0 unspecified atom stereocenters. The van der Waals surface area contributed by atoms with Crippen molar-refractivity contribution in [1.29, 1.82) is 0 Å². The highest BCUT2D eigenvalue weighted by atomic mass is 15.1. The standard InChI is InChI=1S/C12H19N/c1-4-8-13-9-7-11(5-2)12(6-3)10-13/h5-6H,2-4,7-10H2,1H3. The van der Waals surface area contributed by atoms with Crippen molar-refractivity contribution in [3.8, 4) is 0 Å². The molecule has 1 aliphatic rings. The normalized spacial score (nSPS) is 18.8. The molecule has 0 aromatic heterocycles. The van der Waals surface area contributed by atoms with E-state index >= 15 is 0 Å². The van der Waals surface area contributed by atoms with Gasteiger partial charge in [0.25, 0.3) is 0 Å². The monoisotopic (exact) mass is 177 g/mol. The van der Waals surface area contributed by atoms with Crippen molar-refractivity contribution in [2.45, 2.75) is 19.8 Å². The fourth-order valence-electron chi connectivity index (χ4n) is 1.80. The van der Waals surface area contributed by atoms with E-state index in [0.717, 1.165) is 13.0 Å². The maximum Gasteiger partial charge on any atom is 0.0236 e. The van der Waals surface area contributed by atoms with E-state index in [9.17, 15) is 0 Å². The lowest BCUT2D eigenvalue weighted by Gasteiger charge is -2.28. The van der Waals surface area contributed by atoms with E-state index < -0.39 is 0 Å². The predicted molar refractivity (Wildman–Crippen MR) is 58.8 cm³/mol. The average molecular weight is 177 g/mol. The van der Waals surface area contributed by atoms with E-state index in [1.165, 1.54) is 30.7 Å². The quantitative estimate of drug-likeness (QED) is 0.638. The highest BCUT2D eigenvalue weighted by Crippen LogP contribution is 2.19. The van der Waals surface area contributed by atoms with Crippen LogP contribution in [0.2, 0.25) is 0 Å². The Morgan fingerprint density at radius 3 is 2.54 bits per heavy atom. The van der Waals surface area contributed by atoms with Crippen LogP contribution in [0.5, 0.6) is 0 Å². The van der Waals surface area contributed by atoms with Crippen molar-refractivity contribution in [2.24, 2.45) is 0 Å². The summed E-state index contributed by atoms with van der Waals surface area (Å²) in [6, 6.07) is 0. The molecule has 0 fully saturated rings. The van der Waals surface area contributed by atoms with Gasteiger partial charge < -0.3 is 0 Å². The molecule has 1 rings (SSSR count). The first-order chi connectivity index (χ1) is 6.31. The molecule has 0 N–H and O–H groups in total. The second-order valence-electron chi connectivity index (χ2n) is 3.48. The first-order valence-corrected chi connectivity index (χ1v) is 5.01. The SMILES string of the molecule is C=CC1=C(C=C)CN(CCC)CC1. The fraction of sp³-hybridized carbons (Fsp3) is 0.500. The van der Waals surface area contributed by atoms with Crippen LogP contribution < -0.4 is 0 Å². The van der Waals surface area contributed by atoms with Crippen LogP contribution in [0.1, 0.15) is 19.8 Å². The Labute approximate surface area is 81.4 Å². The Morgan fingerprint density at radius 1 is 1.31 bits per heavy atom. The maximum absolute atomic E-state index is 3.84. The van der Waals surface area contributed by atoms with E-state index in [-0.39, 0.29) is 0 Å². The van der Waals surface area contributed by atoms with Gasteiger partial charge in [0.05, 0.1) is 0 Å². The van der Waals surface area contributed by atoms with Crippen molar-refractivity contribution in [1.82, 2.24) is 4.90 Å². The zero-order chi connectivity index (χ0) is 9.68. The van der Waals surface area contributed by atoms with E-state index in [1.54, 1.807) is 0 Å². The zero-order valence-corrected chi connectivity index (χ0v) is 8.55. The van der Waals surface area contributed by atoms with Crippen molar-refractivity contribution in [3.63, 3.8) is 0 Å². The second-order valence-corrected chi connectivity index (χ2v) is 3.48. The Kier molecular flexibility index (Phi) is 3.97. The van der Waals surface area contributed by atoms with E-state index in [4.69, 9.17) is 0 Å². The lowest BCUT2D eigenvalue weighted by molar-refractivity contribution is 0.290. The molecule has 1 heteroatoms. The summed E-state index contributed by atoms with van der Waals surface area (Å²) in [6.07, 6.45) is 6.30. The molecule has 0 bridgehead atoms. The van der Waals surface area contributed by atoms with Crippen molar-refractivity contribution < 1.29 is 0 Å². The van der Waals surface area contributed by atoms with Gasteiger partial charge in [0.15, 0.2) is 0 Å². The van der Waals surface area contributed by atoms with Gasteiger partial charge >= 0.3 is 0 Å². The number of hydrogen-bond acceptors (Lipinski definition) is 1. The number of allylic oxidation sites excluding steroid dienone is 1. The molecule has 0 spiro atoms. The smallest absolute Gasteiger partial charge is 0.0236 e. The van der Waals surface area contributed by atoms with Crippen LogP contribution in [-0.2, 0) is 0 Å². The van der Waals surface area contributed by atoms with Gasteiger partial charge in [-0.15, -0.1) is 0 Å². The van der Waals surface area contributed by atoms with E-state index in [0.29, 0.717) is 0 Å². The predicted octanol–water partition coefficient (Wildman–Crippen LogP) is 2.77. The van der Waals surface area contributed by atoms with Gasteiger partial charge in [-0.25, -0.2) is 0 Å². The highest BCUT2D eigenvalue weighted by molar-refractivity contribution is 5.34. The summed E-state index contributed by atoms with van der Waals surface area (Å²) >= 11 is 0. The Hall–Kier alpha value is -0.820. The summed E-state index contributed by atoms with van der Waals surface area (Å²) in [5.41, 5.74) is 2.73. The lowest BCUT2D eigenvalue weighted by Crippen LogP contribution is -2.31. The molecular weight excluding hydrogens is 158 g/mol. The third-order valence-corrected chi connectivity index (χ3v) is 2.54. The molecule has 1 aliphatic heterocycles. The minimum absolute atomic E-state index is 1.05. The van der Waals surface area contributed by atoms with Crippen LogP contribution in [0.25, 0.3) is 0 Å². The molecule has 0 saturated heterocycles. The molecule has 0 aliphatic carbocycles. The largest absolute Gasteiger partial charge is 0.299 e. The van der Waals surface area contributed by atoms with E-state index in [2.05, 4.69) is 25.0 Å². The highest BCUT2D eigenvalue weighted by Gasteiger charge is 2.13. The number of nitrogens with zero attached hydrogens (tertiary/aromatic N) is 1. The van der Waals surface area contributed by atoms with Gasteiger partial charge in [-0.05, 0) is 30.5 Å². The van der Waals surface area contributed by atoms with Crippen LogP contribution in [0, 0.1) is 0 Å². The summed E-state index contributed by atoms with van der Waals surface area (Å²) in [5.74, 6) is 0. The van der Waals surface area contributed by atoms with Crippen molar-refractivity contribution in [3.05, 3.63) is 36.5 Å². The van der Waals surface area contributed by atoms with Gasteiger partial charge in [-0.1, -0.05) is 32.2 Å². The molecule has 0 aromatic rings. The third-order valence-electron chi connectivity index (χ3n) is 2.54. The first kappa shape index (κ1) is 10.3. The van der Waals surface area contributed by atoms with E-state index in [1.807, 2.05) is 12.2 Å². The maximum atomic E-state index is 3.84. The summed E-state index contributed by atoms with van der Waals surface area (Å²) in [6.45, 7) is 13.3. The molecule has 0 atom stereocenters. The Bertz CT molecular complexity index is 225. The summed E-state index contributed by atoms with van der Waals surface area (Å²) in [7, 11) is 0. The minimum Gasteiger partial charge on any atom is -0.299 e. The average Bonchev–Trinajstić information content (AvgIpc) is 2.18. The summed E-state index contributed by atoms with van der Waals surface area (Å²) in [5, 5.41) is 0. The lowest BCUT2D eigenvalue weighted by atomic mass is 10.00. The fourth-order valence-corrected chi connectivity index (χ4v) is 1.80. The molecule has 1 heterocycles. The van der Waals surface area contributed by atoms with Gasteiger partial charge in [0.1, 0.15) is 0 Å². The summed E-state index contributed by atoms with van der Waals surface area (Å²) < 4.78 is 0. The molecule has 72 valence electrons. The van der Waals surface area contributed by atoms with Crippen LogP contribution in [0.4, 0.5) is 0 Å². The topological polar surface area (TPSA) is 3.24 Å². The molecule has 13 heavy (non-hydrogen) atoms. The molecule has 0 saturated carbocycles. The summed E-state index contributed by atoms with van der Waals surface area (Å²) in [4.78, 5) is 2.48. The first-order valence-electron chi connectivity index (χ1n) is 5.01. The molecule has 1 nitrogen and oxygen atoms in total. The van der Waals surface area contributed by atoms with Gasteiger partial charge in [0.2, 0.25) is 0 Å². The third kappa shape index (κ3) is 2.56. The molecule has 0 radical (unpaired) electrons. The Balaban J connectivity index is 2.66. The van der Waals surface area contributed by atoms with Gasteiger partial charge in [-0.3, -0.25) is 4.90 Å². The number of rotatable bonds is 4. The molecule has 0 amide bonds. The second kappa shape index (κ2) is 5.03. The minimum atomic E-state index is 1.05. The Morgan fingerprint density at radius 2 is 2.00 bits per heavy atom.